The van der Waals surface area contributed by atoms with Gasteiger partial charge in [-0.15, -0.1) is 0 Å². The van der Waals surface area contributed by atoms with E-state index in [0.29, 0.717) is 24.8 Å². The second-order valence-corrected chi connectivity index (χ2v) is 15.7. The summed E-state index contributed by atoms with van der Waals surface area (Å²) in [6, 6.07) is 0. The van der Waals surface area contributed by atoms with Crippen molar-refractivity contribution in [3.63, 3.8) is 0 Å². The van der Waals surface area contributed by atoms with E-state index in [1.165, 1.54) is 0 Å². The van der Waals surface area contributed by atoms with Gasteiger partial charge >= 0.3 is 0 Å². The highest BCUT2D eigenvalue weighted by atomic mass is 16.7. The molecule has 0 aromatic rings. The zero-order valence-corrected chi connectivity index (χ0v) is 32.0. The van der Waals surface area contributed by atoms with Gasteiger partial charge in [-0.25, -0.2) is 0 Å². The lowest BCUT2D eigenvalue weighted by atomic mass is 9.85. The van der Waals surface area contributed by atoms with Gasteiger partial charge < -0.3 is 35.1 Å². The van der Waals surface area contributed by atoms with Crippen LogP contribution in [-0.2, 0) is 28.6 Å². The van der Waals surface area contributed by atoms with Crippen molar-refractivity contribution in [2.45, 2.75) is 174 Å². The fourth-order valence-electron chi connectivity index (χ4n) is 7.51. The molecule has 0 aromatic carbocycles. The molecule has 286 valence electrons. The third-order valence-electron chi connectivity index (χ3n) is 11.2. The maximum absolute atomic E-state index is 12.9. The Morgan fingerprint density at radius 1 is 0.900 bits per heavy atom. The van der Waals surface area contributed by atoms with Crippen LogP contribution < -0.4 is 10.6 Å². The lowest BCUT2D eigenvalue weighted by Crippen LogP contribution is -2.50. The Labute approximate surface area is 301 Å². The molecule has 0 aromatic heterocycles. The maximum Gasteiger partial charge on any atom is 0.225 e. The number of carbonyl (C=O) groups is 3. The second kappa shape index (κ2) is 20.8. The van der Waals surface area contributed by atoms with Crippen molar-refractivity contribution in [3.05, 3.63) is 23.8 Å². The number of amides is 2. The topological polar surface area (TPSA) is 143 Å². The molecule has 10 heteroatoms. The number of allylic oxidation sites excluding steroid dienone is 3. The fourth-order valence-corrected chi connectivity index (χ4v) is 7.51. The van der Waals surface area contributed by atoms with Crippen LogP contribution in [0, 0.1) is 23.7 Å². The number of hydrogen-bond acceptors (Lipinski definition) is 8. The molecule has 3 saturated heterocycles. The van der Waals surface area contributed by atoms with Gasteiger partial charge in [-0.3, -0.25) is 14.4 Å². The summed E-state index contributed by atoms with van der Waals surface area (Å²) in [5.41, 5.74) is 1.01. The summed E-state index contributed by atoms with van der Waals surface area (Å²) in [6.07, 6.45) is 14.5. The van der Waals surface area contributed by atoms with Crippen LogP contribution in [0.1, 0.15) is 132 Å². The maximum atomic E-state index is 12.9. The zero-order chi connectivity index (χ0) is 36.8. The average Bonchev–Trinajstić information content (AvgIpc) is 3.07. The predicted molar refractivity (Wildman–Crippen MR) is 195 cm³/mol. The molecule has 0 saturated carbocycles. The number of nitrogens with one attached hydrogen (secondary N) is 2. The molecule has 3 aliphatic rings. The summed E-state index contributed by atoms with van der Waals surface area (Å²) in [5, 5.41) is 26.2. The molecule has 3 fully saturated rings. The van der Waals surface area contributed by atoms with Crippen molar-refractivity contribution in [1.29, 1.82) is 0 Å². The predicted octanol–water partition coefficient (Wildman–Crippen LogP) is 5.93. The number of ether oxygens (including phenoxy) is 3. The van der Waals surface area contributed by atoms with E-state index in [-0.39, 0.29) is 60.9 Å². The lowest BCUT2D eigenvalue weighted by Gasteiger charge is -2.48. The highest BCUT2D eigenvalue weighted by Gasteiger charge is 2.44. The van der Waals surface area contributed by atoms with Gasteiger partial charge in [0.1, 0.15) is 0 Å². The Morgan fingerprint density at radius 3 is 2.36 bits per heavy atom. The van der Waals surface area contributed by atoms with Crippen LogP contribution in [0.5, 0.6) is 0 Å². The van der Waals surface area contributed by atoms with Gasteiger partial charge in [0.15, 0.2) is 11.6 Å². The number of carbonyl (C=O) groups excluding carboxylic acids is 3. The molecule has 4 N–H and O–H groups in total. The average molecular weight is 705 g/mol. The Hall–Kier alpha value is -2.11. The standard InChI is InChI=1S/C40H68N2O8/c1-8-11-32(44)23-34-17-15-27(3)37(48-34)24-38(46)42-25-35(45)30(6)39(47)41-21-10-13-36-28(4)18-20-40(50-36)19-9-12-33(49-40)16-14-26(2)22-29(5)31(7)43/h8,11,22,26-28,30-31,33-37,43,45H,9-10,12-21,23-25H2,1-7H3,(H,41,47)(H,42,46)/b11-8+,29-22+/t26-,27+,28-,30-,31-,33-,34+,35-,36+,37-,40-/m0/s1. The van der Waals surface area contributed by atoms with Gasteiger partial charge in [0, 0.05) is 32.4 Å². The molecule has 50 heavy (non-hydrogen) atoms. The van der Waals surface area contributed by atoms with Crippen molar-refractivity contribution < 1.29 is 38.8 Å². The van der Waals surface area contributed by atoms with E-state index < -0.39 is 23.9 Å². The summed E-state index contributed by atoms with van der Waals surface area (Å²) in [5.74, 6) is -0.680. The van der Waals surface area contributed by atoms with Crippen molar-refractivity contribution in [1.82, 2.24) is 10.6 Å². The molecule has 11 atom stereocenters. The van der Waals surface area contributed by atoms with Crippen LogP contribution >= 0.6 is 0 Å². The van der Waals surface area contributed by atoms with E-state index in [1.54, 1.807) is 26.0 Å². The number of aliphatic hydroxyl groups excluding tert-OH is 2. The van der Waals surface area contributed by atoms with Gasteiger partial charge in [0.05, 0.1) is 49.0 Å². The summed E-state index contributed by atoms with van der Waals surface area (Å²) in [7, 11) is 0. The van der Waals surface area contributed by atoms with E-state index in [1.807, 2.05) is 20.8 Å². The number of hydrogen-bond donors (Lipinski definition) is 4. The molecule has 0 unspecified atom stereocenters. The van der Waals surface area contributed by atoms with Crippen LogP contribution in [-0.4, -0.2) is 83.3 Å². The highest BCUT2D eigenvalue weighted by molar-refractivity contribution is 5.89. The quantitative estimate of drug-likeness (QED) is 0.0782. The minimum absolute atomic E-state index is 0.0223. The van der Waals surface area contributed by atoms with E-state index in [9.17, 15) is 24.6 Å². The zero-order valence-electron chi connectivity index (χ0n) is 32.0. The molecule has 2 amide bonds. The van der Waals surface area contributed by atoms with Crippen LogP contribution in [0.2, 0.25) is 0 Å². The number of ketones is 1. The summed E-state index contributed by atoms with van der Waals surface area (Å²) >= 11 is 0. The van der Waals surface area contributed by atoms with Gasteiger partial charge in [-0.1, -0.05) is 39.8 Å². The minimum atomic E-state index is -1.02. The van der Waals surface area contributed by atoms with E-state index >= 15 is 0 Å². The van der Waals surface area contributed by atoms with Crippen LogP contribution in [0.4, 0.5) is 0 Å². The van der Waals surface area contributed by atoms with E-state index in [2.05, 4.69) is 30.6 Å². The smallest absolute Gasteiger partial charge is 0.225 e. The van der Waals surface area contributed by atoms with Crippen molar-refractivity contribution in [2.75, 3.05) is 13.1 Å². The summed E-state index contributed by atoms with van der Waals surface area (Å²) < 4.78 is 19.5. The monoisotopic (exact) mass is 704 g/mol. The minimum Gasteiger partial charge on any atom is -0.390 e. The Morgan fingerprint density at radius 2 is 1.64 bits per heavy atom. The first kappa shape index (κ1) is 42.3. The van der Waals surface area contributed by atoms with Gasteiger partial charge in [0.2, 0.25) is 11.8 Å². The Kier molecular flexibility index (Phi) is 17.6. The van der Waals surface area contributed by atoms with Crippen LogP contribution in [0.25, 0.3) is 0 Å². The molecule has 0 radical (unpaired) electrons. The molecular formula is C40H68N2O8. The first-order valence-corrected chi connectivity index (χ1v) is 19.5. The van der Waals surface area contributed by atoms with Crippen LogP contribution in [0.15, 0.2) is 23.8 Å². The SMILES string of the molecule is C/C=C/C(=O)C[C@H]1CC[C@@H](C)[C@H](CC(=O)NC[C@H](O)[C@H](C)C(=O)NCCC[C@H]2O[C@@]3(CCC[C@@H](CC[C@H](C)/C=C(\C)[C@H](C)O)O3)CC[C@@H]2C)O1. The van der Waals surface area contributed by atoms with Gasteiger partial charge in [-0.05, 0) is 108 Å². The second-order valence-electron chi connectivity index (χ2n) is 15.7. The normalized spacial score (nSPS) is 31.6. The fraction of sp³-hybridized carbons (Fsp3) is 0.825. The first-order chi connectivity index (χ1) is 23.7. The Balaban J connectivity index is 1.36. The number of rotatable bonds is 18. The lowest BCUT2D eigenvalue weighted by molar-refractivity contribution is -0.324. The largest absolute Gasteiger partial charge is 0.390 e. The van der Waals surface area contributed by atoms with E-state index in [0.717, 1.165) is 76.2 Å². The molecule has 0 aliphatic carbocycles. The summed E-state index contributed by atoms with van der Waals surface area (Å²) in [4.78, 5) is 37.6. The highest BCUT2D eigenvalue weighted by Crippen LogP contribution is 2.43. The van der Waals surface area contributed by atoms with Crippen molar-refractivity contribution in [3.8, 4) is 0 Å². The molecular weight excluding hydrogens is 636 g/mol. The molecule has 10 nitrogen and oxygen atoms in total. The Bertz CT molecular complexity index is 1140. The molecule has 0 bridgehead atoms. The van der Waals surface area contributed by atoms with Gasteiger partial charge in [-0.2, -0.15) is 0 Å². The first-order valence-electron chi connectivity index (χ1n) is 19.5. The molecule has 1 spiro atoms. The summed E-state index contributed by atoms with van der Waals surface area (Å²) in [6.45, 7) is 14.2. The van der Waals surface area contributed by atoms with E-state index in [4.69, 9.17) is 14.2 Å². The third-order valence-corrected chi connectivity index (χ3v) is 11.2. The van der Waals surface area contributed by atoms with Crippen molar-refractivity contribution in [2.24, 2.45) is 23.7 Å². The molecule has 3 rings (SSSR count). The van der Waals surface area contributed by atoms with Gasteiger partial charge in [0.25, 0.3) is 0 Å². The molecule has 3 heterocycles. The molecule has 3 aliphatic heterocycles. The van der Waals surface area contributed by atoms with Crippen molar-refractivity contribution >= 4 is 17.6 Å². The third kappa shape index (κ3) is 13.8. The number of aliphatic hydroxyl groups is 2. The van der Waals surface area contributed by atoms with Crippen LogP contribution in [0.3, 0.4) is 0 Å².